The quantitative estimate of drug-likeness (QED) is 0.730. The van der Waals surface area contributed by atoms with E-state index < -0.39 is 5.60 Å². The summed E-state index contributed by atoms with van der Waals surface area (Å²) >= 11 is 0. The van der Waals surface area contributed by atoms with Crippen molar-refractivity contribution in [2.75, 3.05) is 13.1 Å². The molecule has 1 saturated carbocycles. The molecule has 0 atom stereocenters. The van der Waals surface area contributed by atoms with E-state index in [1.54, 1.807) is 4.90 Å². The fraction of sp³-hybridized carbons (Fsp3) is 0.867. The van der Waals surface area contributed by atoms with Crippen LogP contribution in [0.2, 0.25) is 0 Å². The number of likely N-dealkylation sites (tertiary alicyclic amines) is 1. The van der Waals surface area contributed by atoms with Gasteiger partial charge in [-0.1, -0.05) is 6.42 Å². The van der Waals surface area contributed by atoms with Crippen LogP contribution < -0.4 is 0 Å². The second-order valence-corrected chi connectivity index (χ2v) is 6.86. The Morgan fingerprint density at radius 2 is 1.89 bits per heavy atom. The summed E-state index contributed by atoms with van der Waals surface area (Å²) in [5, 5.41) is 9.36. The Morgan fingerprint density at radius 1 is 1.32 bits per heavy atom. The molecule has 19 heavy (non-hydrogen) atoms. The molecule has 0 aromatic carbocycles. The number of ether oxygens (including phenoxy) is 1. The average Bonchev–Trinajstić information content (AvgIpc) is 2.27. The van der Waals surface area contributed by atoms with Crippen LogP contribution in [0.1, 0.15) is 52.9 Å². The van der Waals surface area contributed by atoms with Gasteiger partial charge in [0.15, 0.2) is 0 Å². The van der Waals surface area contributed by atoms with Crippen LogP contribution in [0.25, 0.3) is 0 Å². The van der Waals surface area contributed by atoms with E-state index in [0.29, 0.717) is 5.92 Å². The SMILES string of the molecule is CC(C)(C)OC(=O)N1CCC(C2(C#N)CCC2)CC1. The largest absolute Gasteiger partial charge is 0.444 e. The molecule has 0 N–H and O–H groups in total. The van der Waals surface area contributed by atoms with Crippen LogP contribution in [0.15, 0.2) is 0 Å². The first-order chi connectivity index (χ1) is 8.86. The van der Waals surface area contributed by atoms with Gasteiger partial charge >= 0.3 is 6.09 Å². The van der Waals surface area contributed by atoms with Gasteiger partial charge < -0.3 is 9.64 Å². The van der Waals surface area contributed by atoms with Gasteiger partial charge in [0.1, 0.15) is 5.60 Å². The highest BCUT2D eigenvalue weighted by atomic mass is 16.6. The zero-order valence-corrected chi connectivity index (χ0v) is 12.2. The predicted molar refractivity (Wildman–Crippen MR) is 72.4 cm³/mol. The number of rotatable bonds is 1. The number of carbonyl (C=O) groups is 1. The van der Waals surface area contributed by atoms with Crippen molar-refractivity contribution in [3.63, 3.8) is 0 Å². The van der Waals surface area contributed by atoms with E-state index >= 15 is 0 Å². The van der Waals surface area contributed by atoms with Crippen molar-refractivity contribution >= 4 is 6.09 Å². The molecule has 0 bridgehead atoms. The molecule has 1 heterocycles. The molecule has 0 unspecified atom stereocenters. The molecular weight excluding hydrogens is 240 g/mol. The third-order valence-electron chi connectivity index (χ3n) is 4.40. The lowest BCUT2D eigenvalue weighted by Crippen LogP contribution is -2.46. The van der Waals surface area contributed by atoms with Gasteiger partial charge in [0.2, 0.25) is 0 Å². The third kappa shape index (κ3) is 3.02. The molecule has 0 spiro atoms. The van der Waals surface area contributed by atoms with Gasteiger partial charge in [-0.15, -0.1) is 0 Å². The molecule has 1 amide bonds. The monoisotopic (exact) mass is 264 g/mol. The van der Waals surface area contributed by atoms with Crippen molar-refractivity contribution < 1.29 is 9.53 Å². The zero-order chi connectivity index (χ0) is 14.1. The molecule has 106 valence electrons. The standard InChI is InChI=1S/C15H24N2O2/c1-14(2,3)19-13(18)17-9-5-12(6-10-17)15(11-16)7-4-8-15/h12H,4-10H2,1-3H3. The Morgan fingerprint density at radius 3 is 2.26 bits per heavy atom. The molecular formula is C15H24N2O2. The predicted octanol–water partition coefficient (Wildman–Crippen LogP) is 3.33. The topological polar surface area (TPSA) is 53.3 Å². The first kappa shape index (κ1) is 14.2. The highest BCUT2D eigenvalue weighted by molar-refractivity contribution is 5.68. The molecule has 1 aliphatic carbocycles. The van der Waals surface area contributed by atoms with Crippen molar-refractivity contribution in [2.24, 2.45) is 11.3 Å². The van der Waals surface area contributed by atoms with Crippen molar-refractivity contribution in [3.05, 3.63) is 0 Å². The van der Waals surface area contributed by atoms with Gasteiger partial charge in [-0.2, -0.15) is 5.26 Å². The lowest BCUT2D eigenvalue weighted by Gasteiger charge is -2.45. The smallest absolute Gasteiger partial charge is 0.410 e. The van der Waals surface area contributed by atoms with E-state index in [1.807, 2.05) is 20.8 Å². The molecule has 1 saturated heterocycles. The lowest BCUT2D eigenvalue weighted by atomic mass is 9.59. The van der Waals surface area contributed by atoms with E-state index in [1.165, 1.54) is 6.42 Å². The normalized spacial score (nSPS) is 23.4. The lowest BCUT2D eigenvalue weighted by molar-refractivity contribution is 0.00571. The van der Waals surface area contributed by atoms with E-state index in [-0.39, 0.29) is 11.5 Å². The van der Waals surface area contributed by atoms with Crippen molar-refractivity contribution in [1.82, 2.24) is 4.90 Å². The highest BCUT2D eigenvalue weighted by Crippen LogP contribution is 2.50. The van der Waals surface area contributed by atoms with Gasteiger partial charge in [0.25, 0.3) is 0 Å². The summed E-state index contributed by atoms with van der Waals surface area (Å²) in [5.74, 6) is 0.463. The molecule has 4 nitrogen and oxygen atoms in total. The van der Waals surface area contributed by atoms with E-state index in [2.05, 4.69) is 6.07 Å². The van der Waals surface area contributed by atoms with Gasteiger partial charge in [-0.3, -0.25) is 0 Å². The molecule has 2 fully saturated rings. The molecule has 2 rings (SSSR count). The van der Waals surface area contributed by atoms with Crippen molar-refractivity contribution in [1.29, 1.82) is 5.26 Å². The van der Waals surface area contributed by atoms with Crippen molar-refractivity contribution in [2.45, 2.75) is 58.5 Å². The van der Waals surface area contributed by atoms with Crippen LogP contribution in [0.5, 0.6) is 0 Å². The molecule has 0 radical (unpaired) electrons. The molecule has 1 aliphatic heterocycles. The molecule has 4 heteroatoms. The van der Waals surface area contributed by atoms with Crippen LogP contribution in [-0.2, 0) is 4.74 Å². The Balaban J connectivity index is 1.86. The summed E-state index contributed by atoms with van der Waals surface area (Å²) in [4.78, 5) is 13.7. The average molecular weight is 264 g/mol. The number of nitriles is 1. The fourth-order valence-corrected chi connectivity index (χ4v) is 3.11. The van der Waals surface area contributed by atoms with E-state index in [9.17, 15) is 10.1 Å². The summed E-state index contributed by atoms with van der Waals surface area (Å²) < 4.78 is 5.39. The number of amides is 1. The van der Waals surface area contributed by atoms with Gasteiger partial charge in [0, 0.05) is 13.1 Å². The minimum atomic E-state index is -0.435. The summed E-state index contributed by atoms with van der Waals surface area (Å²) in [6.07, 6.45) is 4.92. The minimum absolute atomic E-state index is 0.0833. The number of carbonyl (C=O) groups excluding carboxylic acids is 1. The van der Waals surface area contributed by atoms with Crippen LogP contribution in [0, 0.1) is 22.7 Å². The van der Waals surface area contributed by atoms with Crippen LogP contribution in [-0.4, -0.2) is 29.7 Å². The third-order valence-corrected chi connectivity index (χ3v) is 4.40. The second-order valence-electron chi connectivity index (χ2n) is 6.86. The van der Waals surface area contributed by atoms with Gasteiger partial charge in [-0.25, -0.2) is 4.79 Å². The van der Waals surface area contributed by atoms with Crippen LogP contribution >= 0.6 is 0 Å². The zero-order valence-electron chi connectivity index (χ0n) is 12.2. The first-order valence-electron chi connectivity index (χ1n) is 7.25. The summed E-state index contributed by atoms with van der Waals surface area (Å²) in [5.41, 5.74) is -0.518. The van der Waals surface area contributed by atoms with Crippen LogP contribution in [0.4, 0.5) is 4.79 Å². The maximum atomic E-state index is 12.0. The second kappa shape index (κ2) is 5.03. The first-order valence-corrected chi connectivity index (χ1v) is 7.25. The molecule has 0 aromatic rings. The number of nitrogens with zero attached hydrogens (tertiary/aromatic N) is 2. The fourth-order valence-electron chi connectivity index (χ4n) is 3.11. The minimum Gasteiger partial charge on any atom is -0.444 e. The number of hydrogen-bond acceptors (Lipinski definition) is 3. The Kier molecular flexibility index (Phi) is 3.75. The maximum Gasteiger partial charge on any atom is 0.410 e. The summed E-state index contributed by atoms with van der Waals surface area (Å²) in [6.45, 7) is 7.11. The van der Waals surface area contributed by atoms with Gasteiger partial charge in [0.05, 0.1) is 11.5 Å². The Hall–Kier alpha value is -1.24. The number of piperidine rings is 1. The molecule has 0 aromatic heterocycles. The highest BCUT2D eigenvalue weighted by Gasteiger charge is 2.45. The van der Waals surface area contributed by atoms with Gasteiger partial charge in [-0.05, 0) is 52.4 Å². The Labute approximate surface area is 115 Å². The summed E-state index contributed by atoms with van der Waals surface area (Å²) in [7, 11) is 0. The number of hydrogen-bond donors (Lipinski definition) is 0. The Bertz CT molecular complexity index is 380. The van der Waals surface area contributed by atoms with Crippen molar-refractivity contribution in [3.8, 4) is 6.07 Å². The molecule has 2 aliphatic rings. The summed E-state index contributed by atoms with van der Waals surface area (Å²) in [6, 6.07) is 2.53. The van der Waals surface area contributed by atoms with E-state index in [0.717, 1.165) is 38.8 Å². The van der Waals surface area contributed by atoms with Crippen LogP contribution in [0.3, 0.4) is 0 Å². The maximum absolute atomic E-state index is 12.0. The van der Waals surface area contributed by atoms with E-state index in [4.69, 9.17) is 4.74 Å².